The fourth-order valence-electron chi connectivity index (χ4n) is 2.56. The molecule has 3 unspecified atom stereocenters. The van der Waals surface area contributed by atoms with Crippen LogP contribution in [-0.2, 0) is 4.79 Å². The van der Waals surface area contributed by atoms with Gasteiger partial charge in [0.15, 0.2) is 0 Å². The molecule has 3 nitrogen and oxygen atoms in total. The zero-order valence-electron chi connectivity index (χ0n) is 10.2. The quantitative estimate of drug-likeness (QED) is 0.771. The minimum absolute atomic E-state index is 0.159. The van der Waals surface area contributed by atoms with E-state index < -0.39 is 0 Å². The Morgan fingerprint density at radius 2 is 2.38 bits per heavy atom. The molecule has 2 rings (SSSR count). The molecule has 4 heteroatoms. The van der Waals surface area contributed by atoms with Crippen LogP contribution < -0.4 is 10.6 Å². The molecule has 0 aromatic heterocycles. The van der Waals surface area contributed by atoms with E-state index in [9.17, 15) is 4.79 Å². The van der Waals surface area contributed by atoms with Gasteiger partial charge in [-0.15, -0.1) is 11.8 Å². The maximum atomic E-state index is 12.2. The molecule has 16 heavy (non-hydrogen) atoms. The van der Waals surface area contributed by atoms with Crippen molar-refractivity contribution in [3.05, 3.63) is 0 Å². The predicted molar refractivity (Wildman–Crippen MR) is 68.7 cm³/mol. The summed E-state index contributed by atoms with van der Waals surface area (Å²) in [5.74, 6) is 1.39. The lowest BCUT2D eigenvalue weighted by Crippen LogP contribution is -2.51. The zero-order chi connectivity index (χ0) is 11.6. The Kier molecular flexibility index (Phi) is 3.80. The Hall–Kier alpha value is -0.220. The zero-order valence-corrected chi connectivity index (χ0v) is 11.0. The summed E-state index contributed by atoms with van der Waals surface area (Å²) >= 11 is 1.81. The Balaban J connectivity index is 1.86. The normalized spacial score (nSPS) is 39.6. The molecule has 2 aliphatic heterocycles. The summed E-state index contributed by atoms with van der Waals surface area (Å²) in [7, 11) is 0. The van der Waals surface area contributed by atoms with E-state index >= 15 is 0 Å². The van der Waals surface area contributed by atoms with E-state index in [1.165, 1.54) is 6.42 Å². The van der Waals surface area contributed by atoms with Gasteiger partial charge in [0.05, 0.1) is 4.75 Å². The summed E-state index contributed by atoms with van der Waals surface area (Å²) < 4.78 is -0.159. The van der Waals surface area contributed by atoms with Gasteiger partial charge in [-0.1, -0.05) is 0 Å². The van der Waals surface area contributed by atoms with Gasteiger partial charge in [0.2, 0.25) is 5.91 Å². The van der Waals surface area contributed by atoms with Crippen molar-refractivity contribution < 1.29 is 4.79 Å². The molecule has 1 amide bonds. The van der Waals surface area contributed by atoms with Gasteiger partial charge in [0.1, 0.15) is 0 Å². The van der Waals surface area contributed by atoms with Gasteiger partial charge >= 0.3 is 0 Å². The van der Waals surface area contributed by atoms with Crippen molar-refractivity contribution >= 4 is 17.7 Å². The molecule has 2 saturated heterocycles. The molecule has 0 saturated carbocycles. The van der Waals surface area contributed by atoms with Gasteiger partial charge in [-0.05, 0) is 51.8 Å². The molecule has 0 spiro atoms. The average Bonchev–Trinajstić information content (AvgIpc) is 2.66. The first kappa shape index (κ1) is 12.2. The second-order valence-corrected chi connectivity index (χ2v) is 6.83. The third-order valence-electron chi connectivity index (χ3n) is 3.66. The number of amides is 1. The van der Waals surface area contributed by atoms with Crippen molar-refractivity contribution in [1.29, 1.82) is 0 Å². The van der Waals surface area contributed by atoms with Gasteiger partial charge in [0.25, 0.3) is 0 Å². The number of carbonyl (C=O) groups excluding carboxylic acids is 1. The van der Waals surface area contributed by atoms with Crippen molar-refractivity contribution in [1.82, 2.24) is 10.6 Å². The van der Waals surface area contributed by atoms with Gasteiger partial charge in [-0.2, -0.15) is 0 Å². The Bertz CT molecular complexity index is 264. The number of nitrogens with one attached hydrogen (secondary N) is 2. The topological polar surface area (TPSA) is 41.1 Å². The van der Waals surface area contributed by atoms with Crippen LogP contribution in [0.2, 0.25) is 0 Å². The fourth-order valence-corrected chi connectivity index (χ4v) is 3.78. The Morgan fingerprint density at radius 1 is 1.56 bits per heavy atom. The highest BCUT2D eigenvalue weighted by atomic mass is 32.2. The van der Waals surface area contributed by atoms with Crippen molar-refractivity contribution in [2.75, 3.05) is 12.3 Å². The van der Waals surface area contributed by atoms with Crippen molar-refractivity contribution in [3.63, 3.8) is 0 Å². The Morgan fingerprint density at radius 3 is 3.00 bits per heavy atom. The molecular formula is C12H22N2OS. The van der Waals surface area contributed by atoms with Gasteiger partial charge in [-0.3, -0.25) is 4.79 Å². The highest BCUT2D eigenvalue weighted by molar-refractivity contribution is 8.01. The summed E-state index contributed by atoms with van der Waals surface area (Å²) in [4.78, 5) is 12.2. The van der Waals surface area contributed by atoms with E-state index in [0.29, 0.717) is 12.1 Å². The van der Waals surface area contributed by atoms with Crippen LogP contribution in [0.15, 0.2) is 0 Å². The number of rotatable bonds is 2. The van der Waals surface area contributed by atoms with Crippen molar-refractivity contribution in [2.45, 2.75) is 56.4 Å². The van der Waals surface area contributed by atoms with E-state index in [1.54, 1.807) is 0 Å². The molecule has 0 aromatic carbocycles. The molecular weight excluding hydrogens is 220 g/mol. The van der Waals surface area contributed by atoms with Gasteiger partial charge < -0.3 is 10.6 Å². The number of hydrogen-bond donors (Lipinski definition) is 2. The number of carbonyl (C=O) groups is 1. The number of piperidine rings is 1. The molecule has 0 aliphatic carbocycles. The molecule has 0 radical (unpaired) electrons. The van der Waals surface area contributed by atoms with Crippen LogP contribution in [0.4, 0.5) is 0 Å². The highest BCUT2D eigenvalue weighted by Gasteiger charge is 2.38. The van der Waals surface area contributed by atoms with Crippen molar-refractivity contribution in [3.8, 4) is 0 Å². The molecule has 92 valence electrons. The molecule has 2 aliphatic rings. The third-order valence-corrected chi connectivity index (χ3v) is 5.18. The summed E-state index contributed by atoms with van der Waals surface area (Å²) in [5.41, 5.74) is 0. The molecule has 2 heterocycles. The SMILES string of the molecule is CC1CC(NC(=O)C2(C)CCCS2)CCN1. The standard InChI is InChI=1S/C12H22N2OS/c1-9-8-10(4-6-13-9)14-11(15)12(2)5-3-7-16-12/h9-10,13H,3-8H2,1-2H3,(H,14,15). The lowest BCUT2D eigenvalue weighted by molar-refractivity contribution is -0.124. The summed E-state index contributed by atoms with van der Waals surface area (Å²) in [6.07, 6.45) is 4.34. The predicted octanol–water partition coefficient (Wildman–Crippen LogP) is 1.53. The molecule has 2 N–H and O–H groups in total. The van der Waals surface area contributed by atoms with E-state index in [4.69, 9.17) is 0 Å². The minimum Gasteiger partial charge on any atom is -0.352 e. The van der Waals surface area contributed by atoms with Gasteiger partial charge in [0, 0.05) is 12.1 Å². The third kappa shape index (κ3) is 2.72. The first-order chi connectivity index (χ1) is 7.60. The van der Waals surface area contributed by atoms with Crippen LogP contribution in [0.5, 0.6) is 0 Å². The van der Waals surface area contributed by atoms with E-state index in [-0.39, 0.29) is 10.7 Å². The second-order valence-electron chi connectivity index (χ2n) is 5.23. The van der Waals surface area contributed by atoms with Crippen LogP contribution in [0, 0.1) is 0 Å². The van der Waals surface area contributed by atoms with Crippen molar-refractivity contribution in [2.24, 2.45) is 0 Å². The van der Waals surface area contributed by atoms with E-state index in [0.717, 1.165) is 31.6 Å². The fraction of sp³-hybridized carbons (Fsp3) is 0.917. The van der Waals surface area contributed by atoms with Crippen LogP contribution in [0.3, 0.4) is 0 Å². The largest absolute Gasteiger partial charge is 0.352 e. The Labute approximate surface area is 102 Å². The van der Waals surface area contributed by atoms with E-state index in [2.05, 4.69) is 24.5 Å². The smallest absolute Gasteiger partial charge is 0.236 e. The number of hydrogen-bond acceptors (Lipinski definition) is 3. The van der Waals surface area contributed by atoms with Crippen LogP contribution >= 0.6 is 11.8 Å². The van der Waals surface area contributed by atoms with E-state index in [1.807, 2.05) is 11.8 Å². The average molecular weight is 242 g/mol. The van der Waals surface area contributed by atoms with Crippen LogP contribution in [0.1, 0.15) is 39.5 Å². The summed E-state index contributed by atoms with van der Waals surface area (Å²) in [6, 6.07) is 0.907. The summed E-state index contributed by atoms with van der Waals surface area (Å²) in [5, 5.41) is 6.64. The highest BCUT2D eigenvalue weighted by Crippen LogP contribution is 2.38. The second kappa shape index (κ2) is 4.96. The van der Waals surface area contributed by atoms with Gasteiger partial charge in [-0.25, -0.2) is 0 Å². The first-order valence-electron chi connectivity index (χ1n) is 6.28. The molecule has 3 atom stereocenters. The lowest BCUT2D eigenvalue weighted by Gasteiger charge is -2.31. The summed E-state index contributed by atoms with van der Waals surface area (Å²) in [6.45, 7) is 5.30. The molecule has 0 bridgehead atoms. The maximum Gasteiger partial charge on any atom is 0.236 e. The first-order valence-corrected chi connectivity index (χ1v) is 7.27. The van der Waals surface area contributed by atoms with Crippen LogP contribution in [-0.4, -0.2) is 35.0 Å². The monoisotopic (exact) mass is 242 g/mol. The minimum atomic E-state index is -0.159. The lowest BCUT2D eigenvalue weighted by atomic mass is 9.98. The molecule has 2 fully saturated rings. The van der Waals surface area contributed by atoms with Crippen LogP contribution in [0.25, 0.3) is 0 Å². The number of thioether (sulfide) groups is 1. The molecule has 0 aromatic rings. The maximum absolute atomic E-state index is 12.2.